The Morgan fingerprint density at radius 2 is 2.20 bits per heavy atom. The highest BCUT2D eigenvalue weighted by Gasteiger charge is 2.31. The van der Waals surface area contributed by atoms with Crippen molar-refractivity contribution in [3.05, 3.63) is 41.5 Å². The summed E-state index contributed by atoms with van der Waals surface area (Å²) in [6.07, 6.45) is 4.76. The Morgan fingerprint density at radius 1 is 1.32 bits per heavy atom. The van der Waals surface area contributed by atoms with Crippen molar-refractivity contribution >= 4 is 0 Å². The summed E-state index contributed by atoms with van der Waals surface area (Å²) in [7, 11) is 1.97. The summed E-state index contributed by atoms with van der Waals surface area (Å²) >= 11 is 0. The third-order valence-electron chi connectivity index (χ3n) is 5.06. The monoisotopic (exact) mass is 343 g/mol. The molecule has 4 rings (SSSR count). The lowest BCUT2D eigenvalue weighted by atomic mass is 9.97. The summed E-state index contributed by atoms with van der Waals surface area (Å²) in [5.74, 6) is 0.935. The molecule has 2 aromatic heterocycles. The zero-order chi connectivity index (χ0) is 17.1. The van der Waals surface area contributed by atoms with Gasteiger partial charge < -0.3 is 9.47 Å². The molecule has 2 aromatic rings. The number of aromatic nitrogens is 4. The van der Waals surface area contributed by atoms with Gasteiger partial charge in [0, 0.05) is 51.6 Å². The fraction of sp³-hybridized carbons (Fsp3) is 0.611. The van der Waals surface area contributed by atoms with E-state index in [0.29, 0.717) is 25.0 Å². The van der Waals surface area contributed by atoms with E-state index >= 15 is 0 Å². The Labute approximate surface area is 147 Å². The Bertz CT molecular complexity index is 684. The van der Waals surface area contributed by atoms with E-state index in [9.17, 15) is 0 Å². The van der Waals surface area contributed by atoms with Crippen LogP contribution in [0.5, 0.6) is 0 Å². The first-order chi connectivity index (χ1) is 12.3. The van der Waals surface area contributed by atoms with E-state index in [2.05, 4.69) is 20.2 Å². The lowest BCUT2D eigenvalue weighted by Crippen LogP contribution is -2.39. The van der Waals surface area contributed by atoms with E-state index in [4.69, 9.17) is 9.47 Å². The Balaban J connectivity index is 1.40. The molecule has 4 heterocycles. The zero-order valence-corrected chi connectivity index (χ0v) is 14.7. The van der Waals surface area contributed by atoms with Crippen LogP contribution in [0, 0.1) is 5.92 Å². The van der Waals surface area contributed by atoms with Gasteiger partial charge in [0.25, 0.3) is 0 Å². The molecule has 2 aliphatic rings. The van der Waals surface area contributed by atoms with Crippen LogP contribution in [0.25, 0.3) is 0 Å². The second-order valence-corrected chi connectivity index (χ2v) is 7.04. The van der Waals surface area contributed by atoms with E-state index in [-0.39, 0.29) is 0 Å². The van der Waals surface area contributed by atoms with Gasteiger partial charge in [0.05, 0.1) is 25.5 Å². The van der Waals surface area contributed by atoms with Crippen LogP contribution in [0.1, 0.15) is 29.3 Å². The molecule has 25 heavy (non-hydrogen) atoms. The minimum atomic E-state index is 0.299. The van der Waals surface area contributed by atoms with Crippen LogP contribution in [-0.4, -0.2) is 57.8 Å². The van der Waals surface area contributed by atoms with E-state index in [1.54, 1.807) is 12.4 Å². The second-order valence-electron chi connectivity index (χ2n) is 7.04. The van der Waals surface area contributed by atoms with Gasteiger partial charge in [-0.2, -0.15) is 0 Å². The minimum Gasteiger partial charge on any atom is -0.381 e. The third kappa shape index (κ3) is 3.89. The van der Waals surface area contributed by atoms with Crippen LogP contribution in [-0.2, 0) is 29.7 Å². The van der Waals surface area contributed by atoms with E-state index in [1.807, 2.05) is 23.9 Å². The first-order valence-electron chi connectivity index (χ1n) is 8.95. The van der Waals surface area contributed by atoms with Crippen molar-refractivity contribution in [2.45, 2.75) is 25.5 Å². The maximum atomic E-state index is 6.01. The molecule has 2 aliphatic heterocycles. The molecule has 0 aromatic carbocycles. The van der Waals surface area contributed by atoms with Crippen molar-refractivity contribution in [2.75, 3.05) is 32.9 Å². The number of aryl methyl sites for hydroxylation is 1. The topological polar surface area (TPSA) is 65.3 Å². The number of rotatable bonds is 6. The van der Waals surface area contributed by atoms with E-state index < -0.39 is 0 Å². The first kappa shape index (κ1) is 16.6. The number of hydrogen-bond donors (Lipinski definition) is 0. The molecule has 0 amide bonds. The third-order valence-corrected chi connectivity index (χ3v) is 5.06. The van der Waals surface area contributed by atoms with E-state index in [1.165, 1.54) is 5.69 Å². The summed E-state index contributed by atoms with van der Waals surface area (Å²) in [6.45, 7) is 5.99. The molecule has 7 nitrogen and oxygen atoms in total. The van der Waals surface area contributed by atoms with Gasteiger partial charge in [-0.3, -0.25) is 14.6 Å². The lowest BCUT2D eigenvalue weighted by molar-refractivity contribution is 0.0794. The summed E-state index contributed by atoms with van der Waals surface area (Å²) in [5, 5.41) is 8.61. The second kappa shape index (κ2) is 7.59. The number of pyridine rings is 1. The predicted molar refractivity (Wildman–Crippen MR) is 91.8 cm³/mol. The smallest absolute Gasteiger partial charge is 0.100 e. The van der Waals surface area contributed by atoms with Gasteiger partial charge in [0.15, 0.2) is 0 Å². The van der Waals surface area contributed by atoms with Crippen molar-refractivity contribution in [1.29, 1.82) is 0 Å². The van der Waals surface area contributed by atoms with E-state index in [0.717, 1.165) is 50.5 Å². The van der Waals surface area contributed by atoms with Gasteiger partial charge in [-0.05, 0) is 30.0 Å². The van der Waals surface area contributed by atoms with Crippen LogP contribution in [0.4, 0.5) is 0 Å². The lowest BCUT2D eigenvalue weighted by Gasteiger charge is -2.33. The maximum absolute atomic E-state index is 6.01. The molecule has 0 radical (unpaired) electrons. The van der Waals surface area contributed by atoms with Gasteiger partial charge in [0.2, 0.25) is 0 Å². The highest BCUT2D eigenvalue weighted by molar-refractivity contribution is 5.19. The van der Waals surface area contributed by atoms with Crippen LogP contribution in [0.2, 0.25) is 0 Å². The standard InChI is InChI=1S/C18H25N5O2/c1-22-18-16(13-25-11-14-2-5-19-6-3-14)9-23(10-17(18)20-21-22)8-15-4-7-24-12-15/h2-3,5-6,15-16H,4,7-13H2,1H3. The fourth-order valence-electron chi connectivity index (χ4n) is 3.86. The molecule has 1 fully saturated rings. The average Bonchev–Trinajstić information content (AvgIpc) is 3.26. The summed E-state index contributed by atoms with van der Waals surface area (Å²) in [4.78, 5) is 6.53. The van der Waals surface area contributed by atoms with Gasteiger partial charge in [-0.1, -0.05) is 5.21 Å². The normalized spacial score (nSPS) is 23.7. The van der Waals surface area contributed by atoms with Crippen molar-refractivity contribution in [3.8, 4) is 0 Å². The van der Waals surface area contributed by atoms with Gasteiger partial charge in [-0.25, -0.2) is 0 Å². The van der Waals surface area contributed by atoms with Crippen molar-refractivity contribution in [2.24, 2.45) is 13.0 Å². The van der Waals surface area contributed by atoms with Gasteiger partial charge >= 0.3 is 0 Å². The zero-order valence-electron chi connectivity index (χ0n) is 14.7. The van der Waals surface area contributed by atoms with Gasteiger partial charge in [-0.15, -0.1) is 5.10 Å². The van der Waals surface area contributed by atoms with Crippen LogP contribution < -0.4 is 0 Å². The number of fused-ring (bicyclic) bond motifs is 1. The van der Waals surface area contributed by atoms with Crippen molar-refractivity contribution < 1.29 is 9.47 Å². The predicted octanol–water partition coefficient (Wildman–Crippen LogP) is 1.36. The first-order valence-corrected chi connectivity index (χ1v) is 8.95. The Morgan fingerprint density at radius 3 is 3.00 bits per heavy atom. The molecule has 1 saturated heterocycles. The SMILES string of the molecule is Cn1nnc2c1C(COCc1ccncc1)CN(CC1CCOC1)C2. The van der Waals surface area contributed by atoms with Crippen molar-refractivity contribution in [1.82, 2.24) is 24.9 Å². The molecule has 2 atom stereocenters. The molecular weight excluding hydrogens is 318 g/mol. The number of ether oxygens (including phenoxy) is 2. The van der Waals surface area contributed by atoms with Crippen molar-refractivity contribution in [3.63, 3.8) is 0 Å². The van der Waals surface area contributed by atoms with Crippen LogP contribution in [0.15, 0.2) is 24.5 Å². The molecule has 2 unspecified atom stereocenters. The minimum absolute atomic E-state index is 0.299. The molecule has 0 bridgehead atoms. The molecule has 0 aliphatic carbocycles. The molecule has 0 spiro atoms. The highest BCUT2D eigenvalue weighted by atomic mass is 16.5. The van der Waals surface area contributed by atoms with Crippen LogP contribution >= 0.6 is 0 Å². The molecule has 134 valence electrons. The van der Waals surface area contributed by atoms with Gasteiger partial charge in [0.1, 0.15) is 5.69 Å². The number of hydrogen-bond acceptors (Lipinski definition) is 6. The Hall–Kier alpha value is -1.83. The molecular formula is C18H25N5O2. The molecule has 0 saturated carbocycles. The molecule has 0 N–H and O–H groups in total. The largest absolute Gasteiger partial charge is 0.381 e. The fourth-order valence-corrected chi connectivity index (χ4v) is 3.86. The summed E-state index contributed by atoms with van der Waals surface area (Å²) in [6, 6.07) is 3.98. The Kier molecular flexibility index (Phi) is 5.05. The quantitative estimate of drug-likeness (QED) is 0.789. The maximum Gasteiger partial charge on any atom is 0.100 e. The summed E-state index contributed by atoms with van der Waals surface area (Å²) in [5.41, 5.74) is 3.45. The average molecular weight is 343 g/mol. The molecule has 7 heteroatoms. The summed E-state index contributed by atoms with van der Waals surface area (Å²) < 4.78 is 13.4. The highest BCUT2D eigenvalue weighted by Crippen LogP contribution is 2.28. The number of nitrogens with zero attached hydrogens (tertiary/aromatic N) is 5. The van der Waals surface area contributed by atoms with Crippen LogP contribution in [0.3, 0.4) is 0 Å².